The molecule has 1 aromatic heterocycles. The minimum Gasteiger partial charge on any atom is -0.307 e. The third-order valence-corrected chi connectivity index (χ3v) is 2.39. The number of nitrogens with zero attached hydrogens (tertiary/aromatic N) is 3. The van der Waals surface area contributed by atoms with Crippen LogP contribution in [-0.2, 0) is 7.05 Å². The van der Waals surface area contributed by atoms with Crippen LogP contribution in [0.1, 0.15) is 18.4 Å². The summed E-state index contributed by atoms with van der Waals surface area (Å²) in [6.07, 6.45) is 5.84. The lowest BCUT2D eigenvalue weighted by molar-refractivity contribution is 0.741. The Bertz CT molecular complexity index is 327. The standard InChI is InChI=1S/C8H11ClN4/c1-13-8(9)6(5-11-13)4-10-12-7-2-3-7/h4-5,7,12H,2-3H2,1H3/b10-4+. The number of hydrogen-bond donors (Lipinski definition) is 1. The predicted molar refractivity (Wildman–Crippen MR) is 52.0 cm³/mol. The lowest BCUT2D eigenvalue weighted by atomic mass is 10.4. The summed E-state index contributed by atoms with van der Waals surface area (Å²) in [5.74, 6) is 0. The molecule has 1 fully saturated rings. The SMILES string of the molecule is Cn1ncc(/C=N/NC2CC2)c1Cl. The zero-order valence-corrected chi connectivity index (χ0v) is 8.12. The Kier molecular flexibility index (Phi) is 2.22. The highest BCUT2D eigenvalue weighted by Gasteiger charge is 2.19. The van der Waals surface area contributed by atoms with Crippen LogP contribution in [0.2, 0.25) is 5.15 Å². The van der Waals surface area contributed by atoms with E-state index in [0.29, 0.717) is 11.2 Å². The van der Waals surface area contributed by atoms with Crippen LogP contribution >= 0.6 is 11.6 Å². The van der Waals surface area contributed by atoms with Crippen molar-refractivity contribution >= 4 is 17.8 Å². The lowest BCUT2D eigenvalue weighted by Crippen LogP contribution is -2.07. The monoisotopic (exact) mass is 198 g/mol. The Hall–Kier alpha value is -1.03. The first-order valence-corrected chi connectivity index (χ1v) is 4.61. The molecule has 4 nitrogen and oxygen atoms in total. The summed E-state index contributed by atoms with van der Waals surface area (Å²) < 4.78 is 1.61. The molecule has 0 unspecified atom stereocenters. The van der Waals surface area contributed by atoms with Crippen molar-refractivity contribution in [2.75, 3.05) is 0 Å². The molecule has 1 aromatic rings. The summed E-state index contributed by atoms with van der Waals surface area (Å²) >= 11 is 5.92. The van der Waals surface area contributed by atoms with Crippen molar-refractivity contribution in [1.82, 2.24) is 15.2 Å². The Morgan fingerprint density at radius 2 is 2.54 bits per heavy atom. The number of aryl methyl sites for hydroxylation is 1. The van der Waals surface area contributed by atoms with Gasteiger partial charge in [-0.2, -0.15) is 10.2 Å². The van der Waals surface area contributed by atoms with Gasteiger partial charge in [0.25, 0.3) is 0 Å². The molecule has 1 aliphatic rings. The van der Waals surface area contributed by atoms with Crippen LogP contribution in [0.5, 0.6) is 0 Å². The quantitative estimate of drug-likeness (QED) is 0.585. The van der Waals surface area contributed by atoms with Crippen LogP contribution in [0, 0.1) is 0 Å². The summed E-state index contributed by atoms with van der Waals surface area (Å²) in [5.41, 5.74) is 3.86. The van der Waals surface area contributed by atoms with Gasteiger partial charge in [0.1, 0.15) is 5.15 Å². The number of halogens is 1. The molecule has 1 heterocycles. The van der Waals surface area contributed by atoms with Crippen LogP contribution in [0.15, 0.2) is 11.3 Å². The number of aromatic nitrogens is 2. The van der Waals surface area contributed by atoms with E-state index in [9.17, 15) is 0 Å². The Balaban J connectivity index is 1.99. The van der Waals surface area contributed by atoms with Gasteiger partial charge in [-0.25, -0.2) is 0 Å². The first-order valence-electron chi connectivity index (χ1n) is 4.23. The van der Waals surface area contributed by atoms with Crippen molar-refractivity contribution in [3.05, 3.63) is 16.9 Å². The summed E-state index contributed by atoms with van der Waals surface area (Å²) in [4.78, 5) is 0. The number of rotatable bonds is 3. The minimum atomic E-state index is 0.576. The van der Waals surface area contributed by atoms with E-state index in [0.717, 1.165) is 5.56 Å². The largest absolute Gasteiger partial charge is 0.307 e. The number of hydrazone groups is 1. The second kappa shape index (κ2) is 3.38. The van der Waals surface area contributed by atoms with Crippen LogP contribution in [0.3, 0.4) is 0 Å². The zero-order valence-electron chi connectivity index (χ0n) is 7.37. The highest BCUT2D eigenvalue weighted by atomic mass is 35.5. The van der Waals surface area contributed by atoms with E-state index in [1.807, 2.05) is 0 Å². The van der Waals surface area contributed by atoms with E-state index < -0.39 is 0 Å². The smallest absolute Gasteiger partial charge is 0.135 e. The number of nitrogens with one attached hydrogen (secondary N) is 1. The molecule has 0 radical (unpaired) electrons. The van der Waals surface area contributed by atoms with Crippen molar-refractivity contribution in [3.8, 4) is 0 Å². The molecule has 70 valence electrons. The maximum atomic E-state index is 5.92. The topological polar surface area (TPSA) is 42.2 Å². The molecule has 0 saturated heterocycles. The van der Waals surface area contributed by atoms with Gasteiger partial charge in [-0.15, -0.1) is 0 Å². The fourth-order valence-electron chi connectivity index (χ4n) is 0.951. The van der Waals surface area contributed by atoms with Gasteiger partial charge in [-0.1, -0.05) is 11.6 Å². The lowest BCUT2D eigenvalue weighted by Gasteiger charge is -1.93. The van der Waals surface area contributed by atoms with Gasteiger partial charge in [-0.3, -0.25) is 4.68 Å². The molecule has 0 atom stereocenters. The minimum absolute atomic E-state index is 0.576. The first-order chi connectivity index (χ1) is 6.27. The normalized spacial score (nSPS) is 16.8. The van der Waals surface area contributed by atoms with E-state index in [-0.39, 0.29) is 0 Å². The maximum absolute atomic E-state index is 5.92. The van der Waals surface area contributed by atoms with E-state index in [4.69, 9.17) is 11.6 Å². The highest BCUT2D eigenvalue weighted by Crippen LogP contribution is 2.18. The highest BCUT2D eigenvalue weighted by molar-refractivity contribution is 6.32. The van der Waals surface area contributed by atoms with Crippen molar-refractivity contribution in [2.45, 2.75) is 18.9 Å². The van der Waals surface area contributed by atoms with Gasteiger partial charge in [0.05, 0.1) is 18.0 Å². The van der Waals surface area contributed by atoms with Gasteiger partial charge < -0.3 is 5.43 Å². The summed E-state index contributed by atoms with van der Waals surface area (Å²) in [6.45, 7) is 0. The second-order valence-electron chi connectivity index (χ2n) is 3.18. The van der Waals surface area contributed by atoms with Crippen molar-refractivity contribution in [3.63, 3.8) is 0 Å². The fourth-order valence-corrected chi connectivity index (χ4v) is 1.09. The van der Waals surface area contributed by atoms with Crippen LogP contribution in [0.25, 0.3) is 0 Å². The third kappa shape index (κ3) is 2.01. The molecule has 0 aliphatic heterocycles. The molecular formula is C8H11ClN4. The molecule has 1 aliphatic carbocycles. The molecule has 0 bridgehead atoms. The van der Waals surface area contributed by atoms with Crippen LogP contribution in [-0.4, -0.2) is 22.0 Å². The Morgan fingerprint density at radius 1 is 1.77 bits per heavy atom. The van der Waals surface area contributed by atoms with Crippen LogP contribution in [0.4, 0.5) is 0 Å². The summed E-state index contributed by atoms with van der Waals surface area (Å²) in [6, 6.07) is 0.576. The molecule has 5 heteroatoms. The number of hydrogen-bond acceptors (Lipinski definition) is 3. The predicted octanol–water partition coefficient (Wildman–Crippen LogP) is 1.16. The van der Waals surface area contributed by atoms with Crippen molar-refractivity contribution in [1.29, 1.82) is 0 Å². The van der Waals surface area contributed by atoms with Gasteiger partial charge in [-0.05, 0) is 12.8 Å². The van der Waals surface area contributed by atoms with Crippen molar-refractivity contribution < 1.29 is 0 Å². The molecule has 0 spiro atoms. The second-order valence-corrected chi connectivity index (χ2v) is 3.53. The van der Waals surface area contributed by atoms with Crippen LogP contribution < -0.4 is 5.43 Å². The molecule has 0 amide bonds. The average Bonchev–Trinajstić information content (AvgIpc) is 2.88. The van der Waals surface area contributed by atoms with Crippen molar-refractivity contribution in [2.24, 2.45) is 12.1 Å². The fraction of sp³-hybridized carbons (Fsp3) is 0.500. The maximum Gasteiger partial charge on any atom is 0.135 e. The molecule has 1 saturated carbocycles. The van der Waals surface area contributed by atoms with E-state index in [1.54, 1.807) is 24.1 Å². The molecule has 13 heavy (non-hydrogen) atoms. The molecule has 2 rings (SSSR count). The summed E-state index contributed by atoms with van der Waals surface area (Å²) in [5, 5.41) is 8.67. The van der Waals surface area contributed by atoms with E-state index in [1.165, 1.54) is 12.8 Å². The van der Waals surface area contributed by atoms with E-state index >= 15 is 0 Å². The van der Waals surface area contributed by atoms with Gasteiger partial charge >= 0.3 is 0 Å². The summed E-state index contributed by atoms with van der Waals surface area (Å²) in [7, 11) is 1.80. The van der Waals surface area contributed by atoms with E-state index in [2.05, 4.69) is 15.6 Å². The molecular weight excluding hydrogens is 188 g/mol. The third-order valence-electron chi connectivity index (χ3n) is 1.93. The first kappa shape index (κ1) is 8.56. The van der Waals surface area contributed by atoms with Gasteiger partial charge in [0.15, 0.2) is 0 Å². The molecule has 1 N–H and O–H groups in total. The van der Waals surface area contributed by atoms with Gasteiger partial charge in [0.2, 0.25) is 0 Å². The Morgan fingerprint density at radius 3 is 3.08 bits per heavy atom. The average molecular weight is 199 g/mol. The zero-order chi connectivity index (χ0) is 9.26. The molecule has 0 aromatic carbocycles. The Labute approximate surface area is 81.6 Å². The van der Waals surface area contributed by atoms with Gasteiger partial charge in [0, 0.05) is 13.1 Å².